The lowest BCUT2D eigenvalue weighted by atomic mass is 10.0. The Hall–Kier alpha value is -3.76. The number of unbranched alkanes of at least 4 members (excludes halogenated alkanes) is 1. The highest BCUT2D eigenvalue weighted by atomic mass is 19.4. The summed E-state index contributed by atoms with van der Waals surface area (Å²) in [4.78, 5) is 19.8. The van der Waals surface area contributed by atoms with Gasteiger partial charge in [0.05, 0.1) is 12.8 Å². The highest BCUT2D eigenvalue weighted by Gasteiger charge is 2.31. The SMILES string of the molecule is C/C=C\C=C(/C)OC(F)(F)F.CCCCNc1cc(-c2ccc3c(c2)CC(C(=O)O)O3)nc(OC)n1. The molecule has 1 aromatic heterocycles. The molecule has 0 spiro atoms. The van der Waals surface area contributed by atoms with Gasteiger partial charge in [0.1, 0.15) is 17.3 Å². The van der Waals surface area contributed by atoms with Crippen LogP contribution < -0.4 is 14.8 Å². The molecule has 0 saturated carbocycles. The van der Waals surface area contributed by atoms with E-state index in [4.69, 9.17) is 14.6 Å². The highest BCUT2D eigenvalue weighted by Crippen LogP contribution is 2.33. The zero-order valence-electron chi connectivity index (χ0n) is 20.6. The Balaban J connectivity index is 0.000000352. The number of halogens is 3. The van der Waals surface area contributed by atoms with Crippen LogP contribution in [0.4, 0.5) is 19.0 Å². The van der Waals surface area contributed by atoms with E-state index in [9.17, 15) is 18.0 Å². The fraction of sp³-hybridized carbons (Fsp3) is 0.400. The van der Waals surface area contributed by atoms with Gasteiger partial charge in [-0.3, -0.25) is 0 Å². The molecule has 2 heterocycles. The van der Waals surface area contributed by atoms with E-state index in [0.717, 1.165) is 30.5 Å². The number of allylic oxidation sites excluding steroid dienone is 4. The van der Waals surface area contributed by atoms with Gasteiger partial charge < -0.3 is 24.6 Å². The van der Waals surface area contributed by atoms with Gasteiger partial charge in [0.15, 0.2) is 6.10 Å². The molecular formula is C25H30F3N3O5. The Bertz CT molecular complexity index is 1090. The monoisotopic (exact) mass is 509 g/mol. The summed E-state index contributed by atoms with van der Waals surface area (Å²) < 4.78 is 48.5. The average molecular weight is 510 g/mol. The van der Waals surface area contributed by atoms with Gasteiger partial charge in [0.2, 0.25) is 0 Å². The Morgan fingerprint density at radius 1 is 1.31 bits per heavy atom. The number of nitrogens with one attached hydrogen (secondary N) is 1. The van der Waals surface area contributed by atoms with Gasteiger partial charge in [-0.2, -0.15) is 9.97 Å². The third kappa shape index (κ3) is 9.12. The Kier molecular flexibility index (Phi) is 10.6. The number of carboxylic acids is 1. The third-order valence-electron chi connectivity index (χ3n) is 4.83. The molecule has 0 saturated heterocycles. The van der Waals surface area contributed by atoms with Crippen molar-refractivity contribution in [3.63, 3.8) is 0 Å². The number of benzene rings is 1. The van der Waals surface area contributed by atoms with Gasteiger partial charge in [-0.15, -0.1) is 13.2 Å². The summed E-state index contributed by atoms with van der Waals surface area (Å²) in [5.41, 5.74) is 2.45. The predicted octanol–water partition coefficient (Wildman–Crippen LogP) is 5.76. The zero-order valence-corrected chi connectivity index (χ0v) is 20.6. The second-order valence-electron chi connectivity index (χ2n) is 7.73. The summed E-state index contributed by atoms with van der Waals surface area (Å²) in [6.07, 6.45) is 1.42. The van der Waals surface area contributed by atoms with Crippen LogP contribution in [0.15, 0.2) is 48.3 Å². The van der Waals surface area contributed by atoms with E-state index in [-0.39, 0.29) is 11.8 Å². The molecule has 0 radical (unpaired) electrons. The van der Waals surface area contributed by atoms with Gasteiger partial charge in [-0.25, -0.2) is 4.79 Å². The quantitative estimate of drug-likeness (QED) is 0.250. The molecule has 1 aliphatic rings. The summed E-state index contributed by atoms with van der Waals surface area (Å²) in [6.45, 7) is 5.91. The number of carbonyl (C=O) groups is 1. The van der Waals surface area contributed by atoms with Gasteiger partial charge in [0, 0.05) is 24.6 Å². The van der Waals surface area contributed by atoms with E-state index in [2.05, 4.69) is 26.9 Å². The molecule has 0 fully saturated rings. The largest absolute Gasteiger partial charge is 0.572 e. The van der Waals surface area contributed by atoms with Crippen LogP contribution in [0.25, 0.3) is 11.3 Å². The molecule has 3 rings (SSSR count). The smallest absolute Gasteiger partial charge is 0.478 e. The van der Waals surface area contributed by atoms with E-state index >= 15 is 0 Å². The number of anilines is 1. The number of carboxylic acid groups (broad SMARTS) is 1. The van der Waals surface area contributed by atoms with Crippen molar-refractivity contribution in [1.29, 1.82) is 0 Å². The van der Waals surface area contributed by atoms with Crippen molar-refractivity contribution in [3.05, 3.63) is 53.8 Å². The van der Waals surface area contributed by atoms with E-state index in [1.54, 1.807) is 19.1 Å². The molecule has 0 amide bonds. The first-order valence-corrected chi connectivity index (χ1v) is 11.3. The molecule has 196 valence electrons. The standard InChI is InChI=1S/C18H21N3O4.C7H9F3O/c1-3-4-7-19-16-10-13(20-18(21-16)24-2)11-5-6-14-12(8-11)9-15(25-14)17(22)23;1-3-4-5-6(2)11-7(8,9)10/h5-6,8,10,15H,3-4,7,9H2,1-2H3,(H,22,23)(H,19,20,21);3-5H,1-2H3/b;4-3-,6-5+. The second-order valence-corrected chi connectivity index (χ2v) is 7.73. The first-order chi connectivity index (χ1) is 17.1. The number of alkyl halides is 3. The number of hydrogen-bond acceptors (Lipinski definition) is 7. The molecule has 2 aromatic rings. The van der Waals surface area contributed by atoms with Crippen molar-refractivity contribution in [2.45, 2.75) is 52.5 Å². The van der Waals surface area contributed by atoms with Crippen LogP contribution in [0.5, 0.6) is 11.8 Å². The predicted molar refractivity (Wildman–Crippen MR) is 129 cm³/mol. The topological polar surface area (TPSA) is 103 Å². The van der Waals surface area contributed by atoms with Gasteiger partial charge >= 0.3 is 18.3 Å². The van der Waals surface area contributed by atoms with Crippen molar-refractivity contribution in [2.24, 2.45) is 0 Å². The zero-order chi connectivity index (χ0) is 26.7. The fourth-order valence-corrected chi connectivity index (χ4v) is 3.14. The average Bonchev–Trinajstić information content (AvgIpc) is 3.26. The molecule has 8 nitrogen and oxygen atoms in total. The maximum atomic E-state index is 11.4. The van der Waals surface area contributed by atoms with Crippen molar-refractivity contribution in [1.82, 2.24) is 9.97 Å². The highest BCUT2D eigenvalue weighted by molar-refractivity contribution is 5.75. The summed E-state index contributed by atoms with van der Waals surface area (Å²) >= 11 is 0. The minimum Gasteiger partial charge on any atom is -0.478 e. The van der Waals surface area contributed by atoms with E-state index in [0.29, 0.717) is 23.7 Å². The maximum Gasteiger partial charge on any atom is 0.572 e. The minimum atomic E-state index is -4.58. The number of methoxy groups -OCH3 is 1. The lowest BCUT2D eigenvalue weighted by Gasteiger charge is -2.10. The molecule has 1 aliphatic heterocycles. The first kappa shape index (κ1) is 28.5. The minimum absolute atomic E-state index is 0.171. The van der Waals surface area contributed by atoms with Crippen LogP contribution >= 0.6 is 0 Å². The van der Waals surface area contributed by atoms with Gasteiger partial charge in [-0.1, -0.05) is 25.5 Å². The Morgan fingerprint density at radius 2 is 2.06 bits per heavy atom. The van der Waals surface area contributed by atoms with Crippen LogP contribution in [0, 0.1) is 0 Å². The van der Waals surface area contributed by atoms with Crippen LogP contribution in [-0.4, -0.2) is 47.2 Å². The number of aliphatic carboxylic acids is 1. The number of aromatic nitrogens is 2. The fourth-order valence-electron chi connectivity index (χ4n) is 3.14. The van der Waals surface area contributed by atoms with Crippen LogP contribution in [0.3, 0.4) is 0 Å². The van der Waals surface area contributed by atoms with E-state index < -0.39 is 18.4 Å². The molecule has 1 atom stereocenters. The summed E-state index contributed by atoms with van der Waals surface area (Å²) in [5.74, 6) is 0.188. The van der Waals surface area contributed by atoms with Crippen LogP contribution in [0.1, 0.15) is 39.2 Å². The Morgan fingerprint density at radius 3 is 2.67 bits per heavy atom. The number of nitrogens with zero attached hydrogens (tertiary/aromatic N) is 2. The molecule has 11 heteroatoms. The molecule has 0 bridgehead atoms. The van der Waals surface area contributed by atoms with Crippen molar-refractivity contribution >= 4 is 11.8 Å². The summed E-state index contributed by atoms with van der Waals surface area (Å²) in [7, 11) is 1.53. The lowest BCUT2D eigenvalue weighted by Crippen LogP contribution is -2.24. The third-order valence-corrected chi connectivity index (χ3v) is 4.83. The number of rotatable bonds is 9. The van der Waals surface area contributed by atoms with E-state index in [1.807, 2.05) is 18.2 Å². The second kappa shape index (κ2) is 13.4. The molecule has 2 N–H and O–H groups in total. The molecule has 1 unspecified atom stereocenters. The van der Waals surface area contributed by atoms with Crippen molar-refractivity contribution in [2.75, 3.05) is 19.0 Å². The summed E-state index contributed by atoms with van der Waals surface area (Å²) in [6, 6.07) is 7.71. The number of hydrogen-bond donors (Lipinski definition) is 2. The first-order valence-electron chi connectivity index (χ1n) is 11.3. The molecule has 1 aromatic carbocycles. The summed E-state index contributed by atoms with van der Waals surface area (Å²) in [5, 5.41) is 12.4. The van der Waals surface area contributed by atoms with Crippen molar-refractivity contribution < 1.29 is 37.3 Å². The lowest BCUT2D eigenvalue weighted by molar-refractivity contribution is -0.305. The Labute approximate surface area is 207 Å². The van der Waals surface area contributed by atoms with E-state index in [1.165, 1.54) is 26.2 Å². The maximum absolute atomic E-state index is 11.4. The normalized spacial score (nSPS) is 15.0. The molecular weight excluding hydrogens is 479 g/mol. The van der Waals surface area contributed by atoms with Crippen LogP contribution in [-0.2, 0) is 16.0 Å². The van der Waals surface area contributed by atoms with Crippen molar-refractivity contribution in [3.8, 4) is 23.0 Å². The van der Waals surface area contributed by atoms with Gasteiger partial charge in [0.25, 0.3) is 0 Å². The molecule has 36 heavy (non-hydrogen) atoms. The van der Waals surface area contributed by atoms with Gasteiger partial charge in [-0.05, 0) is 50.1 Å². The number of fused-ring (bicyclic) bond motifs is 1. The number of ether oxygens (including phenoxy) is 3. The van der Waals surface area contributed by atoms with Crippen LogP contribution in [0.2, 0.25) is 0 Å². The molecule has 0 aliphatic carbocycles.